The Morgan fingerprint density at radius 1 is 1.38 bits per heavy atom. The molecule has 0 bridgehead atoms. The number of tetrazole rings is 1. The summed E-state index contributed by atoms with van der Waals surface area (Å²) in [6, 6.07) is 1.68. The molecule has 0 amide bonds. The first kappa shape index (κ1) is 11.6. The zero-order chi connectivity index (χ0) is 11.5. The minimum Gasteiger partial charge on any atom is -0.223 e. The third-order valence-electron chi connectivity index (χ3n) is 1.61. The Morgan fingerprint density at radius 2 is 2.19 bits per heavy atom. The van der Waals surface area contributed by atoms with Gasteiger partial charge < -0.3 is 0 Å². The molecule has 2 rings (SSSR count). The van der Waals surface area contributed by atoms with Crippen LogP contribution in [-0.2, 0) is 7.05 Å². The van der Waals surface area contributed by atoms with Gasteiger partial charge in [0.05, 0.1) is 0 Å². The zero-order valence-corrected chi connectivity index (χ0v) is 10.8. The molecule has 9 heteroatoms. The van der Waals surface area contributed by atoms with E-state index in [0.717, 1.165) is 5.03 Å². The molecule has 0 fully saturated rings. The average Bonchev–Trinajstić information content (AvgIpc) is 2.63. The van der Waals surface area contributed by atoms with Crippen molar-refractivity contribution in [1.29, 1.82) is 0 Å². The molecule has 0 radical (unpaired) electrons. The third-order valence-corrected chi connectivity index (χ3v) is 3.30. The largest absolute Gasteiger partial charge is 0.223 e. The van der Waals surface area contributed by atoms with Gasteiger partial charge in [-0.25, -0.2) is 14.6 Å². The SMILES string of the molecule is CSc1nc(Cl)cc(Sc2nnnn2C)n1. The second-order valence-corrected chi connectivity index (χ2v) is 4.85. The van der Waals surface area contributed by atoms with E-state index in [2.05, 4.69) is 25.5 Å². The number of hydrogen-bond acceptors (Lipinski definition) is 7. The molecule has 2 aromatic heterocycles. The average molecular weight is 275 g/mol. The maximum atomic E-state index is 5.87. The molecular weight excluding hydrogens is 268 g/mol. The van der Waals surface area contributed by atoms with E-state index >= 15 is 0 Å². The molecule has 0 N–H and O–H groups in total. The Morgan fingerprint density at radius 3 is 2.81 bits per heavy atom. The van der Waals surface area contributed by atoms with Crippen molar-refractivity contribution in [3.05, 3.63) is 11.2 Å². The fourth-order valence-electron chi connectivity index (χ4n) is 0.922. The molecule has 0 atom stereocenters. The van der Waals surface area contributed by atoms with Gasteiger partial charge in [0.15, 0.2) is 5.16 Å². The molecule has 0 saturated carbocycles. The molecule has 2 heterocycles. The Balaban J connectivity index is 2.28. The highest BCUT2D eigenvalue weighted by atomic mass is 35.5. The van der Waals surface area contributed by atoms with Crippen molar-refractivity contribution in [2.45, 2.75) is 15.3 Å². The highest BCUT2D eigenvalue weighted by Gasteiger charge is 2.08. The fraction of sp³-hybridized carbons (Fsp3) is 0.286. The third kappa shape index (κ3) is 2.63. The Hall–Kier alpha value is -0.860. The smallest absolute Gasteiger partial charge is 0.215 e. The summed E-state index contributed by atoms with van der Waals surface area (Å²) in [4.78, 5) is 8.34. The Labute approximate surface area is 105 Å². The predicted molar refractivity (Wildman–Crippen MR) is 61.7 cm³/mol. The van der Waals surface area contributed by atoms with Crippen molar-refractivity contribution in [2.75, 3.05) is 6.26 Å². The first-order chi connectivity index (χ1) is 7.69. The van der Waals surface area contributed by atoms with Crippen LogP contribution in [0, 0.1) is 0 Å². The number of halogens is 1. The van der Waals surface area contributed by atoms with Gasteiger partial charge in [0, 0.05) is 13.1 Å². The van der Waals surface area contributed by atoms with Gasteiger partial charge >= 0.3 is 0 Å². The topological polar surface area (TPSA) is 69.4 Å². The van der Waals surface area contributed by atoms with E-state index < -0.39 is 0 Å². The van der Waals surface area contributed by atoms with E-state index in [4.69, 9.17) is 11.6 Å². The van der Waals surface area contributed by atoms with Crippen molar-refractivity contribution < 1.29 is 0 Å². The van der Waals surface area contributed by atoms with Gasteiger partial charge in [0.1, 0.15) is 10.2 Å². The second-order valence-electron chi connectivity index (χ2n) is 2.70. The maximum Gasteiger partial charge on any atom is 0.215 e. The zero-order valence-electron chi connectivity index (χ0n) is 8.46. The molecule has 0 aliphatic rings. The molecule has 0 aromatic carbocycles. The summed E-state index contributed by atoms with van der Waals surface area (Å²) < 4.78 is 1.57. The lowest BCUT2D eigenvalue weighted by Gasteiger charge is -2.01. The van der Waals surface area contributed by atoms with Gasteiger partial charge in [0.2, 0.25) is 5.16 Å². The van der Waals surface area contributed by atoms with Crippen LogP contribution in [0.3, 0.4) is 0 Å². The van der Waals surface area contributed by atoms with Gasteiger partial charge in [-0.1, -0.05) is 23.4 Å². The lowest BCUT2D eigenvalue weighted by atomic mass is 10.7. The van der Waals surface area contributed by atoms with Crippen LogP contribution in [0.1, 0.15) is 0 Å². The summed E-state index contributed by atoms with van der Waals surface area (Å²) in [6.07, 6.45) is 1.89. The molecule has 16 heavy (non-hydrogen) atoms. The number of thioether (sulfide) groups is 1. The molecule has 0 unspecified atom stereocenters. The lowest BCUT2D eigenvalue weighted by molar-refractivity contribution is 0.664. The summed E-state index contributed by atoms with van der Waals surface area (Å²) >= 11 is 8.65. The highest BCUT2D eigenvalue weighted by Crippen LogP contribution is 2.26. The van der Waals surface area contributed by atoms with Crippen molar-refractivity contribution >= 4 is 35.1 Å². The number of hydrogen-bond donors (Lipinski definition) is 0. The van der Waals surface area contributed by atoms with E-state index in [1.165, 1.54) is 23.5 Å². The van der Waals surface area contributed by atoms with Crippen LogP contribution in [0.25, 0.3) is 0 Å². The Kier molecular flexibility index (Phi) is 3.62. The Bertz CT molecular complexity index is 501. The van der Waals surface area contributed by atoms with E-state index in [9.17, 15) is 0 Å². The van der Waals surface area contributed by atoms with Crippen molar-refractivity contribution in [1.82, 2.24) is 30.2 Å². The molecule has 0 saturated heterocycles. The summed E-state index contributed by atoms with van der Waals surface area (Å²) in [5.41, 5.74) is 0. The monoisotopic (exact) mass is 274 g/mol. The summed E-state index contributed by atoms with van der Waals surface area (Å²) in [7, 11) is 1.76. The van der Waals surface area contributed by atoms with Crippen LogP contribution in [0.15, 0.2) is 21.4 Å². The van der Waals surface area contributed by atoms with Gasteiger partial charge in [-0.3, -0.25) is 0 Å². The van der Waals surface area contributed by atoms with Crippen molar-refractivity contribution in [3.8, 4) is 0 Å². The summed E-state index contributed by atoms with van der Waals surface area (Å²) in [6.45, 7) is 0. The summed E-state index contributed by atoms with van der Waals surface area (Å²) in [5, 5.41) is 13.5. The first-order valence-corrected chi connectivity index (χ1v) is 6.60. The van der Waals surface area contributed by atoms with Gasteiger partial charge in [-0.2, -0.15) is 0 Å². The number of rotatable bonds is 3. The van der Waals surface area contributed by atoms with Gasteiger partial charge in [0.25, 0.3) is 0 Å². The van der Waals surface area contributed by atoms with E-state index in [1.54, 1.807) is 17.8 Å². The second kappa shape index (κ2) is 4.98. The molecular formula is C7H7ClN6S2. The number of nitrogens with zero attached hydrogens (tertiary/aromatic N) is 6. The molecule has 84 valence electrons. The first-order valence-electron chi connectivity index (χ1n) is 4.18. The van der Waals surface area contributed by atoms with Gasteiger partial charge in [-0.05, 0) is 28.4 Å². The number of aryl methyl sites for hydroxylation is 1. The quantitative estimate of drug-likeness (QED) is 0.477. The van der Waals surface area contributed by atoms with Crippen LogP contribution < -0.4 is 0 Å². The van der Waals surface area contributed by atoms with Crippen LogP contribution in [0.5, 0.6) is 0 Å². The normalized spacial score (nSPS) is 10.7. The molecule has 6 nitrogen and oxygen atoms in total. The maximum absolute atomic E-state index is 5.87. The standard InChI is InChI=1S/C7H7ClN6S2/c1-14-7(11-12-13-14)16-5-3-4(8)9-6(10-5)15-2/h3H,1-2H3. The molecule has 2 aromatic rings. The lowest BCUT2D eigenvalue weighted by Crippen LogP contribution is -1.94. The van der Waals surface area contributed by atoms with Crippen molar-refractivity contribution in [3.63, 3.8) is 0 Å². The van der Waals surface area contributed by atoms with Crippen LogP contribution in [-0.4, -0.2) is 36.4 Å². The fourth-order valence-corrected chi connectivity index (χ4v) is 2.39. The van der Waals surface area contributed by atoms with Gasteiger partial charge in [-0.15, -0.1) is 5.10 Å². The molecule has 0 spiro atoms. The minimum absolute atomic E-state index is 0.414. The predicted octanol–water partition coefficient (Wildman–Crippen LogP) is 1.53. The van der Waals surface area contributed by atoms with Crippen LogP contribution >= 0.6 is 35.1 Å². The van der Waals surface area contributed by atoms with Crippen molar-refractivity contribution in [2.24, 2.45) is 7.05 Å². The highest BCUT2D eigenvalue weighted by molar-refractivity contribution is 7.99. The van der Waals surface area contributed by atoms with E-state index in [0.29, 0.717) is 15.5 Å². The number of aromatic nitrogens is 6. The minimum atomic E-state index is 0.414. The summed E-state index contributed by atoms with van der Waals surface area (Å²) in [5.74, 6) is 0. The van der Waals surface area contributed by atoms with E-state index in [-0.39, 0.29) is 0 Å². The van der Waals surface area contributed by atoms with E-state index in [1.807, 2.05) is 6.26 Å². The van der Waals surface area contributed by atoms with Crippen LogP contribution in [0.2, 0.25) is 5.15 Å². The van der Waals surface area contributed by atoms with Crippen LogP contribution in [0.4, 0.5) is 0 Å². The molecule has 0 aliphatic heterocycles. The molecule has 0 aliphatic carbocycles.